The highest BCUT2D eigenvalue weighted by Crippen LogP contribution is 2.34. The normalized spacial score (nSPS) is 12.3. The number of pyridine rings is 1. The fourth-order valence-electron chi connectivity index (χ4n) is 3.41. The van der Waals surface area contributed by atoms with Crippen molar-refractivity contribution < 1.29 is 8.81 Å². The molecule has 4 aromatic heterocycles. The topological polar surface area (TPSA) is 60.6 Å². The highest BCUT2D eigenvalue weighted by molar-refractivity contribution is 5.81. The number of halogens is 1. The molecule has 0 radical (unpaired) electrons. The Morgan fingerprint density at radius 2 is 1.68 bits per heavy atom. The number of imidazole rings is 1. The first kappa shape index (κ1) is 16.7. The number of fused-ring (bicyclic) bond motifs is 2. The minimum absolute atomic E-state index is 0.153. The largest absolute Gasteiger partial charge is 0.432 e. The number of benzene rings is 1. The molecule has 0 amide bonds. The van der Waals surface area contributed by atoms with Gasteiger partial charge in [0.25, 0.3) is 0 Å². The maximum Gasteiger partial charge on any atom is 0.306 e. The number of oxazole rings is 1. The zero-order valence-corrected chi connectivity index (χ0v) is 15.7. The summed E-state index contributed by atoms with van der Waals surface area (Å²) in [6, 6.07) is 10.2. The van der Waals surface area contributed by atoms with Gasteiger partial charge in [-0.15, -0.1) is 10.2 Å². The molecular weight excluding hydrogens is 357 g/mol. The summed E-state index contributed by atoms with van der Waals surface area (Å²) in [5, 5.41) is 8.64. The van der Waals surface area contributed by atoms with Gasteiger partial charge >= 0.3 is 5.84 Å². The molecule has 7 heteroatoms. The number of aromatic nitrogens is 5. The molecule has 0 spiro atoms. The van der Waals surface area contributed by atoms with Crippen LogP contribution in [0, 0.1) is 5.82 Å². The summed E-state index contributed by atoms with van der Waals surface area (Å²) in [5.41, 5.74) is 3.97. The van der Waals surface area contributed by atoms with Gasteiger partial charge in [-0.3, -0.25) is 8.80 Å². The molecule has 0 atom stereocenters. The van der Waals surface area contributed by atoms with Crippen molar-refractivity contribution >= 4 is 11.5 Å². The minimum atomic E-state index is -0.283. The van der Waals surface area contributed by atoms with Crippen LogP contribution in [0.4, 0.5) is 4.39 Å². The van der Waals surface area contributed by atoms with E-state index >= 15 is 0 Å². The van der Waals surface area contributed by atoms with Gasteiger partial charge in [-0.1, -0.05) is 20.8 Å². The molecular formula is C21H18FN5O. The van der Waals surface area contributed by atoms with Gasteiger partial charge in [-0.05, 0) is 36.4 Å². The van der Waals surface area contributed by atoms with E-state index in [2.05, 4.69) is 36.0 Å². The van der Waals surface area contributed by atoms with Gasteiger partial charge in [0, 0.05) is 28.9 Å². The van der Waals surface area contributed by atoms with E-state index in [1.165, 1.54) is 12.1 Å². The molecule has 1 aromatic carbocycles. The molecule has 0 aliphatic rings. The van der Waals surface area contributed by atoms with Gasteiger partial charge in [0.1, 0.15) is 23.6 Å². The van der Waals surface area contributed by atoms with Gasteiger partial charge in [-0.2, -0.15) is 4.98 Å². The first-order valence-electron chi connectivity index (χ1n) is 8.99. The Morgan fingerprint density at radius 1 is 0.929 bits per heavy atom. The summed E-state index contributed by atoms with van der Waals surface area (Å²) in [6.07, 6.45) is 5.43. The van der Waals surface area contributed by atoms with E-state index in [-0.39, 0.29) is 11.2 Å². The lowest BCUT2D eigenvalue weighted by Crippen LogP contribution is -2.15. The van der Waals surface area contributed by atoms with Crippen LogP contribution in [0.25, 0.3) is 34.0 Å². The molecule has 0 N–H and O–H groups in total. The predicted octanol–water partition coefficient (Wildman–Crippen LogP) is 4.74. The zero-order valence-electron chi connectivity index (χ0n) is 15.7. The number of hydrogen-bond acceptors (Lipinski definition) is 4. The van der Waals surface area contributed by atoms with Gasteiger partial charge < -0.3 is 4.42 Å². The Balaban J connectivity index is 1.78. The molecule has 0 aliphatic carbocycles. The maximum atomic E-state index is 13.4. The van der Waals surface area contributed by atoms with Crippen molar-refractivity contribution in [2.45, 2.75) is 26.2 Å². The molecule has 140 valence electrons. The van der Waals surface area contributed by atoms with Gasteiger partial charge in [-0.25, -0.2) is 4.39 Å². The molecule has 4 heterocycles. The Hall–Kier alpha value is -3.48. The smallest absolute Gasteiger partial charge is 0.306 e. The van der Waals surface area contributed by atoms with Crippen molar-refractivity contribution in [1.82, 2.24) is 24.0 Å². The molecule has 0 bridgehead atoms. The van der Waals surface area contributed by atoms with Crippen molar-refractivity contribution in [2.75, 3.05) is 0 Å². The molecule has 28 heavy (non-hydrogen) atoms. The highest BCUT2D eigenvalue weighted by Gasteiger charge is 2.23. The second-order valence-electron chi connectivity index (χ2n) is 7.79. The Labute approximate surface area is 160 Å². The summed E-state index contributed by atoms with van der Waals surface area (Å²) < 4.78 is 22.8. The van der Waals surface area contributed by atoms with Gasteiger partial charge in [0.15, 0.2) is 5.65 Å². The van der Waals surface area contributed by atoms with E-state index in [9.17, 15) is 4.39 Å². The molecule has 5 rings (SSSR count). The van der Waals surface area contributed by atoms with Crippen LogP contribution < -0.4 is 0 Å². The minimum Gasteiger partial charge on any atom is -0.432 e. The van der Waals surface area contributed by atoms with Crippen molar-refractivity contribution in [3.8, 4) is 22.5 Å². The standard InChI is InChI=1S/C21H18FN5O/c1-21(2,3)19-25-24-16-9-6-14(12-27(16)19)18-17(13-4-7-15(22)8-5-13)23-20-26(18)10-11-28-20/h4-12H,1-3H3. The summed E-state index contributed by atoms with van der Waals surface area (Å²) in [5.74, 6) is 1.07. The van der Waals surface area contributed by atoms with E-state index in [4.69, 9.17) is 4.42 Å². The highest BCUT2D eigenvalue weighted by atomic mass is 19.1. The predicted molar refractivity (Wildman–Crippen MR) is 104 cm³/mol. The molecule has 5 aromatic rings. The molecule has 6 nitrogen and oxygen atoms in total. The van der Waals surface area contributed by atoms with Crippen LogP contribution in [0.5, 0.6) is 0 Å². The number of rotatable bonds is 2. The van der Waals surface area contributed by atoms with Crippen LogP contribution in [-0.4, -0.2) is 24.0 Å². The molecule has 0 aliphatic heterocycles. The Bertz CT molecular complexity index is 1300. The summed E-state index contributed by atoms with van der Waals surface area (Å²) in [7, 11) is 0. The van der Waals surface area contributed by atoms with E-state index < -0.39 is 0 Å². The average molecular weight is 375 g/mol. The van der Waals surface area contributed by atoms with Crippen molar-refractivity contribution in [2.24, 2.45) is 0 Å². The lowest BCUT2D eigenvalue weighted by Gasteiger charge is -2.16. The third kappa shape index (κ3) is 2.51. The second-order valence-corrected chi connectivity index (χ2v) is 7.79. The van der Waals surface area contributed by atoms with E-state index in [0.29, 0.717) is 5.84 Å². The Morgan fingerprint density at radius 3 is 2.43 bits per heavy atom. The zero-order chi connectivity index (χ0) is 19.5. The van der Waals surface area contributed by atoms with E-state index in [1.807, 2.05) is 33.3 Å². The van der Waals surface area contributed by atoms with Crippen LogP contribution in [0.3, 0.4) is 0 Å². The SMILES string of the molecule is CC(C)(C)c1nnc2ccc(-c3c(-c4ccc(F)cc4)nc4occn34)cn12. The maximum absolute atomic E-state index is 13.4. The number of nitrogens with zero attached hydrogens (tertiary/aromatic N) is 5. The summed E-state index contributed by atoms with van der Waals surface area (Å²) in [4.78, 5) is 4.62. The molecule has 0 saturated heterocycles. The van der Waals surface area contributed by atoms with Crippen LogP contribution in [-0.2, 0) is 5.41 Å². The van der Waals surface area contributed by atoms with Crippen LogP contribution in [0.2, 0.25) is 0 Å². The van der Waals surface area contributed by atoms with E-state index in [0.717, 1.165) is 34.0 Å². The fraction of sp³-hybridized carbons (Fsp3) is 0.190. The monoisotopic (exact) mass is 375 g/mol. The second kappa shape index (κ2) is 5.76. The first-order valence-corrected chi connectivity index (χ1v) is 8.99. The first-order chi connectivity index (χ1) is 13.4. The third-order valence-corrected chi connectivity index (χ3v) is 4.73. The quantitative estimate of drug-likeness (QED) is 0.447. The molecule has 0 fully saturated rings. The molecule has 0 unspecified atom stereocenters. The molecule has 0 saturated carbocycles. The van der Waals surface area contributed by atoms with Gasteiger partial charge in [0.2, 0.25) is 0 Å². The number of hydrogen-bond donors (Lipinski definition) is 0. The Kier molecular flexibility index (Phi) is 3.43. The summed E-state index contributed by atoms with van der Waals surface area (Å²) in [6.45, 7) is 6.31. The third-order valence-electron chi connectivity index (χ3n) is 4.73. The summed E-state index contributed by atoms with van der Waals surface area (Å²) >= 11 is 0. The lowest BCUT2D eigenvalue weighted by molar-refractivity contribution is 0.539. The average Bonchev–Trinajstić information content (AvgIpc) is 3.34. The fourth-order valence-corrected chi connectivity index (χ4v) is 3.41. The van der Waals surface area contributed by atoms with E-state index in [1.54, 1.807) is 18.4 Å². The van der Waals surface area contributed by atoms with Crippen LogP contribution in [0.15, 0.2) is 59.5 Å². The van der Waals surface area contributed by atoms with Crippen molar-refractivity contribution in [1.29, 1.82) is 0 Å². The van der Waals surface area contributed by atoms with Crippen LogP contribution in [0.1, 0.15) is 26.6 Å². The van der Waals surface area contributed by atoms with Crippen molar-refractivity contribution in [3.63, 3.8) is 0 Å². The van der Waals surface area contributed by atoms with Crippen molar-refractivity contribution in [3.05, 3.63) is 66.7 Å². The van der Waals surface area contributed by atoms with Crippen LogP contribution >= 0.6 is 0 Å². The van der Waals surface area contributed by atoms with Gasteiger partial charge in [0.05, 0.1) is 5.69 Å². The lowest BCUT2D eigenvalue weighted by atomic mass is 9.96.